The standard InChI is InChI=1S/C36H40ClF5N4O4.C34H36ClF5N4O4.C33H34ClF5N4O4/c1-23(47)8-4-3-7-17-43-32(48)25-11-14-29(15-12-25)45-34(49)46-35(21-24-9-5-2-6-10-24,31-16-13-27(37)22-44-31)26-18-28(38)20-30(19-26)50-36(41,42)33(39)40;1-21(45)6-5-15-41-30(46)23-9-12-27(13-10-23)43-32(47)44-33(19-22-7-3-2-4-8-22,29-14-11-25(35)20-42-29)24-16-26(36)18-28(17-24)48-34(39,40)31(37)38;1-20(44)13-14-40-29(45)22-7-10-26(11-8-22)42-31(46)43-32(18-21-5-3-2-4-6-21,28-12-9-24(34)19-41-28)23-15-25(35)17-27(16-23)47-33(38,39)30(36)37/h2,5-6,9-10,13,16,18-20,22,25,29,33H,3-4,7-8,11-12,14-15,17,21H2,1H3,(H,43,48)(H2,45,46,49);2-4,7-8,11,14,16-18,20,23,27,31H,5-6,9-10,12-13,15,19H2,1H3,(H,41,46)(H2,43,44,47);2-6,9,12,15-17,19,22,26,30,44H,1,7-8,10-11,13-14,18H2,(H,40,45)(H2,42,43,46)/t25?,29?,35-;23?,27?,33-;22?,26?,32-/m000/s1. The van der Waals surface area contributed by atoms with Crippen molar-refractivity contribution >= 4 is 82.2 Å². The fourth-order valence-electron chi connectivity index (χ4n) is 17.3. The van der Waals surface area contributed by atoms with Crippen molar-refractivity contribution in [1.82, 2.24) is 62.8 Å². The summed E-state index contributed by atoms with van der Waals surface area (Å²) in [5.74, 6) is -6.84. The van der Waals surface area contributed by atoms with E-state index in [0.717, 1.165) is 55.7 Å². The second kappa shape index (κ2) is 53.3. The van der Waals surface area contributed by atoms with E-state index in [4.69, 9.17) is 34.8 Å². The minimum atomic E-state index is -4.92. The van der Waals surface area contributed by atoms with E-state index >= 15 is 13.2 Å². The number of halogens is 18. The van der Waals surface area contributed by atoms with Crippen LogP contribution in [0.15, 0.2) is 213 Å². The van der Waals surface area contributed by atoms with Gasteiger partial charge in [0.25, 0.3) is 0 Å². The van der Waals surface area contributed by atoms with Crippen LogP contribution in [-0.2, 0) is 59.9 Å². The molecule has 10 N–H and O–H groups in total. The third kappa shape index (κ3) is 34.4. The molecule has 0 aliphatic heterocycles. The van der Waals surface area contributed by atoms with Crippen molar-refractivity contribution in [3.05, 3.63) is 296 Å². The summed E-state index contributed by atoms with van der Waals surface area (Å²) in [6.45, 7) is 7.60. The Morgan fingerprint density at radius 1 is 0.372 bits per heavy atom. The van der Waals surface area contributed by atoms with E-state index in [1.54, 1.807) is 97.9 Å². The van der Waals surface area contributed by atoms with Crippen LogP contribution in [0, 0.1) is 35.2 Å². The second-order valence-electron chi connectivity index (χ2n) is 35.7. The summed E-state index contributed by atoms with van der Waals surface area (Å²) in [5, 5.41) is 35.9. The first-order valence-corrected chi connectivity index (χ1v) is 47.9. The molecule has 0 bridgehead atoms. The van der Waals surface area contributed by atoms with Crippen LogP contribution in [0.25, 0.3) is 0 Å². The third-order valence-electron chi connectivity index (χ3n) is 24.5. The molecule has 0 unspecified atom stereocenters. The Balaban J connectivity index is 0.000000223. The van der Waals surface area contributed by atoms with E-state index in [-0.39, 0.29) is 152 Å². The van der Waals surface area contributed by atoms with Gasteiger partial charge in [0.15, 0.2) is 0 Å². The largest absolute Gasteiger partial charge is 0.513 e. The summed E-state index contributed by atoms with van der Waals surface area (Å²) in [5.41, 5.74) is -3.21. The molecule has 3 heterocycles. The molecule has 3 fully saturated rings. The minimum Gasteiger partial charge on any atom is -0.513 e. The molecule has 3 atom stereocenters. The molecule has 9 amide bonds. The fourth-order valence-corrected chi connectivity index (χ4v) is 17.6. The van der Waals surface area contributed by atoms with Gasteiger partial charge in [-0.3, -0.25) is 29.3 Å². The number of ether oxygens (including phenoxy) is 3. The van der Waals surface area contributed by atoms with E-state index in [9.17, 15) is 96.1 Å². The van der Waals surface area contributed by atoms with Crippen molar-refractivity contribution in [2.75, 3.05) is 19.6 Å². The molecule has 0 radical (unpaired) electrons. The summed E-state index contributed by atoms with van der Waals surface area (Å²) < 4.78 is 219. The van der Waals surface area contributed by atoms with Gasteiger partial charge in [-0.1, -0.05) is 139 Å². The number of rotatable bonds is 43. The van der Waals surface area contributed by atoms with E-state index in [0.29, 0.717) is 144 Å². The van der Waals surface area contributed by atoms with Crippen molar-refractivity contribution in [3.8, 4) is 17.2 Å². The molecule has 145 heavy (non-hydrogen) atoms. The monoisotopic (exact) mass is 2100 g/mol. The Hall–Kier alpha value is -12.9. The van der Waals surface area contributed by atoms with Crippen molar-refractivity contribution in [1.29, 1.82) is 0 Å². The van der Waals surface area contributed by atoms with Gasteiger partial charge in [-0.25, -0.2) is 27.6 Å². The summed E-state index contributed by atoms with van der Waals surface area (Å²) in [7, 11) is 0. The Labute approximate surface area is 842 Å². The van der Waals surface area contributed by atoms with Crippen molar-refractivity contribution in [2.24, 2.45) is 17.8 Å². The normalized spacial score (nSPS) is 17.6. The van der Waals surface area contributed by atoms with Gasteiger partial charge in [-0.05, 0) is 216 Å². The number of aliphatic hydroxyl groups is 1. The molecular formula is C103H110Cl3F15N12O12. The van der Waals surface area contributed by atoms with Gasteiger partial charge >= 0.3 is 55.7 Å². The highest BCUT2D eigenvalue weighted by Crippen LogP contribution is 2.44. The highest BCUT2D eigenvalue weighted by Gasteiger charge is 2.50. The van der Waals surface area contributed by atoms with Gasteiger partial charge in [-0.2, -0.15) is 52.7 Å². The number of ketones is 2. The van der Waals surface area contributed by atoms with E-state index in [1.807, 2.05) is 0 Å². The molecule has 780 valence electrons. The van der Waals surface area contributed by atoms with Gasteiger partial charge < -0.3 is 76.8 Å². The van der Waals surface area contributed by atoms with Crippen LogP contribution < -0.4 is 62.1 Å². The lowest BCUT2D eigenvalue weighted by molar-refractivity contribution is -0.253. The molecule has 3 aromatic heterocycles. The second-order valence-corrected chi connectivity index (χ2v) is 37.0. The lowest BCUT2D eigenvalue weighted by Crippen LogP contribution is -2.55. The molecule has 12 rings (SSSR count). The summed E-state index contributed by atoms with van der Waals surface area (Å²) >= 11 is 18.3. The van der Waals surface area contributed by atoms with Gasteiger partial charge in [-0.15, -0.1) is 0 Å². The van der Waals surface area contributed by atoms with Crippen molar-refractivity contribution in [3.63, 3.8) is 0 Å². The number of hydrogen-bond donors (Lipinski definition) is 10. The van der Waals surface area contributed by atoms with Crippen LogP contribution >= 0.6 is 34.8 Å². The maximum atomic E-state index is 15.1. The maximum absolute atomic E-state index is 15.1. The lowest BCUT2D eigenvalue weighted by Gasteiger charge is -2.37. The zero-order chi connectivity index (χ0) is 105. The molecule has 3 aliphatic rings. The van der Waals surface area contributed by atoms with Crippen LogP contribution in [0.3, 0.4) is 0 Å². The topological polar surface area (TPSA) is 331 Å². The number of carbonyl (C=O) groups is 8. The Bertz CT molecular complexity index is 5800. The number of Topliss-reactive ketones (excluding diaryl/α,β-unsaturated/α-hetero) is 2. The zero-order valence-electron chi connectivity index (χ0n) is 78.7. The number of urea groups is 3. The predicted octanol–water partition coefficient (Wildman–Crippen LogP) is 21.7. The molecule has 24 nitrogen and oxygen atoms in total. The number of aromatic nitrogens is 3. The van der Waals surface area contributed by atoms with Crippen LogP contribution in [0.1, 0.15) is 186 Å². The molecule has 6 aromatic carbocycles. The number of pyridine rings is 3. The summed E-state index contributed by atoms with van der Waals surface area (Å²) in [6, 6.07) is 39.3. The summed E-state index contributed by atoms with van der Waals surface area (Å²) in [4.78, 5) is 114. The van der Waals surface area contributed by atoms with Gasteiger partial charge in [0, 0.05) is 131 Å². The van der Waals surface area contributed by atoms with Gasteiger partial charge in [0.05, 0.1) is 37.9 Å². The molecule has 0 spiro atoms. The molecule has 3 saturated carbocycles. The van der Waals surface area contributed by atoms with Gasteiger partial charge in [0.2, 0.25) is 17.7 Å². The highest BCUT2D eigenvalue weighted by atomic mass is 35.5. The number of alkyl halides is 12. The molecule has 0 saturated heterocycles. The predicted molar refractivity (Wildman–Crippen MR) is 511 cm³/mol. The number of benzene rings is 6. The highest BCUT2D eigenvalue weighted by molar-refractivity contribution is 6.31. The first kappa shape index (κ1) is 114. The fraction of sp³-hybridized carbons (Fsp3) is 0.408. The van der Waals surface area contributed by atoms with Crippen LogP contribution in [0.5, 0.6) is 17.2 Å². The van der Waals surface area contributed by atoms with Crippen molar-refractivity contribution < 1.29 is 124 Å². The van der Waals surface area contributed by atoms with Crippen LogP contribution in [-0.4, -0.2) is 143 Å². The van der Waals surface area contributed by atoms with E-state index in [1.165, 1.54) is 61.9 Å². The number of carbonyl (C=O) groups excluding carboxylic acids is 8. The SMILES string of the molecule is C=C(O)CCNC(=O)C1CCC(NC(=O)N[C@@](Cc2ccccc2)(c2cc(F)cc(OC(F)(F)C(F)F)c2)c2ccc(Cl)cn2)CC1.CC(=O)CCCCCNC(=O)C1CCC(NC(=O)N[C@@](Cc2ccccc2)(c2cc(F)cc(OC(F)(F)C(F)F)c2)c2ccc(Cl)cn2)CC1.CC(=O)CCCNC(=O)C1CCC(NC(=O)N[C@@](Cc2ccccc2)(c2cc(F)cc(OC(F)(F)C(F)F)c2)c2ccc(Cl)cn2)CC1. The molecular weight excluding hydrogens is 1990 g/mol. The Morgan fingerprint density at radius 3 is 0.910 bits per heavy atom. The average molecular weight is 2100 g/mol. The number of hydrogen-bond acceptors (Lipinski definition) is 15. The van der Waals surface area contributed by atoms with Crippen molar-refractivity contribution in [2.45, 2.75) is 227 Å². The Kier molecular flexibility index (Phi) is 41.9. The zero-order valence-corrected chi connectivity index (χ0v) is 81.0. The average Bonchev–Trinajstić information content (AvgIpc) is 0.764. The van der Waals surface area contributed by atoms with Gasteiger partial charge in [0.1, 0.15) is 62.9 Å². The lowest BCUT2D eigenvalue weighted by atomic mass is 9.80. The first-order chi connectivity index (χ1) is 68.8. The van der Waals surface area contributed by atoms with Crippen LogP contribution in [0.4, 0.5) is 80.2 Å². The number of unbranched alkanes of at least 4 members (excludes halogenated alkanes) is 2. The van der Waals surface area contributed by atoms with E-state index < -0.39 is 107 Å². The van der Waals surface area contributed by atoms with E-state index in [2.05, 4.69) is 83.6 Å². The molecule has 9 aromatic rings. The smallest absolute Gasteiger partial charge is 0.461 e. The molecule has 3 aliphatic carbocycles. The first-order valence-electron chi connectivity index (χ1n) is 46.7. The quantitative estimate of drug-likeness (QED) is 0.00965. The van der Waals surface area contributed by atoms with Crippen LogP contribution in [0.2, 0.25) is 15.1 Å². The molecule has 42 heteroatoms. The number of amides is 9. The number of aliphatic hydroxyl groups excluding tert-OH is 1. The number of nitrogens with zero attached hydrogens (tertiary/aromatic N) is 3. The summed E-state index contributed by atoms with van der Waals surface area (Å²) in [6.07, 6.45) is -13.6. The minimum absolute atomic E-state index is 0.0329. The number of nitrogens with one attached hydrogen (secondary N) is 9. The third-order valence-corrected chi connectivity index (χ3v) is 25.2. The maximum Gasteiger partial charge on any atom is 0.461 e. The Morgan fingerprint density at radius 2 is 0.648 bits per heavy atom.